The fourth-order valence-electron chi connectivity index (χ4n) is 0.818. The van der Waals surface area contributed by atoms with Crippen LogP contribution in [0.15, 0.2) is 61.9 Å². The molecular formula is C16H27NO4S5. The van der Waals surface area contributed by atoms with Gasteiger partial charge in [-0.2, -0.15) is 0 Å². The summed E-state index contributed by atoms with van der Waals surface area (Å²) in [5.74, 6) is 0.692. The zero-order chi connectivity index (χ0) is 20.8. The molecule has 0 heterocycles. The zero-order valence-electron chi connectivity index (χ0n) is 14.6. The highest BCUT2D eigenvalue weighted by Crippen LogP contribution is 2.20. The summed E-state index contributed by atoms with van der Waals surface area (Å²) in [7, 11) is 2.56. The lowest BCUT2D eigenvalue weighted by atomic mass is 10.4. The molecule has 0 rings (SSSR count). The van der Waals surface area contributed by atoms with Gasteiger partial charge in [0.25, 0.3) is 0 Å². The summed E-state index contributed by atoms with van der Waals surface area (Å²) in [5.41, 5.74) is 5.12. The van der Waals surface area contributed by atoms with Crippen molar-refractivity contribution < 1.29 is 18.7 Å². The first kappa shape index (κ1) is 30.4. The maximum absolute atomic E-state index is 10.9. The lowest BCUT2D eigenvalue weighted by molar-refractivity contribution is -0.137. The van der Waals surface area contributed by atoms with E-state index in [1.807, 2.05) is 11.5 Å². The van der Waals surface area contributed by atoms with Crippen LogP contribution in [0.4, 0.5) is 0 Å². The average molecular weight is 458 g/mol. The molecule has 3 atom stereocenters. The Labute approximate surface area is 174 Å². The van der Waals surface area contributed by atoms with Crippen LogP contribution in [-0.2, 0) is 25.8 Å². The Morgan fingerprint density at radius 2 is 1.81 bits per heavy atom. The number of hydrogen-bond donors (Lipinski definition) is 2. The highest BCUT2D eigenvalue weighted by Gasteiger charge is 2.13. The number of carboxylic acids is 1. The molecule has 0 fully saturated rings. The Morgan fingerprint density at radius 1 is 1.19 bits per heavy atom. The van der Waals surface area contributed by atoms with E-state index < -0.39 is 33.0 Å². The molecular weight excluding hydrogens is 431 g/mol. The Hall–Kier alpha value is -0.360. The summed E-state index contributed by atoms with van der Waals surface area (Å²) in [5, 5.41) is 11.7. The maximum atomic E-state index is 10.9. The molecule has 0 amide bonds. The predicted octanol–water partition coefficient (Wildman–Crippen LogP) is 3.74. The van der Waals surface area contributed by atoms with Gasteiger partial charge in [0.1, 0.15) is 22.6 Å². The number of carboxylic acid groups (broad SMARTS) is 1. The minimum atomic E-state index is -1.19. The molecule has 0 aromatic rings. The molecule has 0 saturated carbocycles. The van der Waals surface area contributed by atoms with Crippen LogP contribution in [0, 0.1) is 0 Å². The lowest BCUT2D eigenvalue weighted by Gasteiger charge is -2.03. The van der Waals surface area contributed by atoms with E-state index in [-0.39, 0.29) is 5.75 Å². The van der Waals surface area contributed by atoms with Gasteiger partial charge in [0.15, 0.2) is 0 Å². The van der Waals surface area contributed by atoms with Crippen LogP contribution in [0.25, 0.3) is 0 Å². The third-order valence-electron chi connectivity index (χ3n) is 1.74. The van der Waals surface area contributed by atoms with E-state index in [1.165, 1.54) is 16.9 Å². The summed E-state index contributed by atoms with van der Waals surface area (Å²) < 4.78 is 21.4. The van der Waals surface area contributed by atoms with Crippen LogP contribution >= 0.6 is 32.4 Å². The predicted molar refractivity (Wildman–Crippen MR) is 125 cm³/mol. The van der Waals surface area contributed by atoms with Crippen LogP contribution in [-0.4, -0.2) is 48.9 Å². The molecule has 0 bridgehead atoms. The van der Waals surface area contributed by atoms with Gasteiger partial charge in [0.2, 0.25) is 0 Å². The minimum absolute atomic E-state index is 0.0125. The van der Waals surface area contributed by atoms with Crippen LogP contribution in [0.5, 0.6) is 0 Å². The molecule has 0 aliphatic heterocycles. The van der Waals surface area contributed by atoms with Crippen LogP contribution in [0.3, 0.4) is 0 Å². The van der Waals surface area contributed by atoms with Gasteiger partial charge < -0.3 is 15.4 Å². The summed E-state index contributed by atoms with van der Waals surface area (Å²) in [4.78, 5) is 10.2. The molecule has 3 N–H and O–H groups in total. The van der Waals surface area contributed by atoms with Crippen molar-refractivity contribution in [3.05, 3.63) is 61.9 Å². The lowest BCUT2D eigenvalue weighted by Crippen LogP contribution is -2.35. The molecule has 150 valence electrons. The average Bonchev–Trinajstić information content (AvgIpc) is 2.57. The molecule has 0 radical (unpaired) electrons. The largest absolute Gasteiger partial charge is 0.605 e. The van der Waals surface area contributed by atoms with E-state index in [9.17, 15) is 13.6 Å². The van der Waals surface area contributed by atoms with Crippen molar-refractivity contribution in [1.82, 2.24) is 0 Å². The van der Waals surface area contributed by atoms with Gasteiger partial charge in [-0.3, -0.25) is 9.00 Å². The first-order valence-corrected chi connectivity index (χ1v) is 13.6. The fourth-order valence-corrected chi connectivity index (χ4v) is 4.25. The van der Waals surface area contributed by atoms with E-state index in [1.54, 1.807) is 33.1 Å². The number of rotatable bonds is 13. The van der Waals surface area contributed by atoms with Gasteiger partial charge >= 0.3 is 5.97 Å². The summed E-state index contributed by atoms with van der Waals surface area (Å²) >= 11 is 0. The number of aliphatic carboxylic acids is 1. The van der Waals surface area contributed by atoms with Gasteiger partial charge in [-0.25, -0.2) is 0 Å². The smallest absolute Gasteiger partial charge is 0.321 e. The minimum Gasteiger partial charge on any atom is -0.605 e. The summed E-state index contributed by atoms with van der Waals surface area (Å²) in [6.45, 7) is 17.3. The van der Waals surface area contributed by atoms with Gasteiger partial charge in [0.05, 0.1) is 0 Å². The van der Waals surface area contributed by atoms with Crippen molar-refractivity contribution in [2.24, 2.45) is 5.73 Å². The second-order valence-corrected chi connectivity index (χ2v) is 10.9. The van der Waals surface area contributed by atoms with Gasteiger partial charge in [-0.1, -0.05) is 53.5 Å². The van der Waals surface area contributed by atoms with Crippen molar-refractivity contribution in [3.63, 3.8) is 0 Å². The Morgan fingerprint density at radius 3 is 2.19 bits per heavy atom. The van der Waals surface area contributed by atoms with E-state index in [4.69, 9.17) is 10.8 Å². The van der Waals surface area contributed by atoms with E-state index in [0.29, 0.717) is 11.5 Å². The standard InChI is InChI=1S/C6H11NO3S.C5H8OS2.C5H8S2/c1-2-3-11(10)4-5(7)6(8)9;1-3-5-8(6)7-4-2;1-3-5-7-6-4-2/h2,5H,1,3-4,7H2,(H,8,9);3-4H,1-2,5H2;3-4H,1-2,5H2/t5-,11-;;/m1../s1. The van der Waals surface area contributed by atoms with Gasteiger partial charge in [0, 0.05) is 43.7 Å². The topological polar surface area (TPSA) is 103 Å². The highest BCUT2D eigenvalue weighted by atomic mass is 33.1. The van der Waals surface area contributed by atoms with Crippen LogP contribution < -0.4 is 5.73 Å². The molecule has 1 unspecified atom stereocenters. The molecule has 0 saturated heterocycles. The SMILES string of the molecule is C=CCSSC=C.C=CC[S+]([O-])SC=C.C=CC[S@@](=O)C[C@@H](N)C(=O)O. The van der Waals surface area contributed by atoms with Crippen molar-refractivity contribution in [2.45, 2.75) is 6.04 Å². The van der Waals surface area contributed by atoms with Crippen LogP contribution in [0.2, 0.25) is 0 Å². The third-order valence-corrected chi connectivity index (χ3v) is 7.26. The number of hydrogen-bond acceptors (Lipinski definition) is 7. The summed E-state index contributed by atoms with van der Waals surface area (Å²) in [6, 6.07) is -1.03. The molecule has 0 aliphatic rings. The molecule has 26 heavy (non-hydrogen) atoms. The second kappa shape index (κ2) is 24.6. The Bertz CT molecular complexity index is 428. The van der Waals surface area contributed by atoms with Gasteiger partial charge in [-0.05, 0) is 11.5 Å². The van der Waals surface area contributed by atoms with E-state index in [0.717, 1.165) is 5.75 Å². The highest BCUT2D eigenvalue weighted by molar-refractivity contribution is 8.77. The Kier molecular flexibility index (Phi) is 28.8. The van der Waals surface area contributed by atoms with E-state index >= 15 is 0 Å². The fraction of sp³-hybridized carbons (Fsp3) is 0.312. The van der Waals surface area contributed by atoms with Crippen molar-refractivity contribution in [1.29, 1.82) is 0 Å². The number of nitrogens with two attached hydrogens (primary N) is 1. The first-order valence-electron chi connectivity index (χ1n) is 7.02. The second-order valence-electron chi connectivity index (χ2n) is 3.86. The van der Waals surface area contributed by atoms with Gasteiger partial charge in [-0.15, -0.1) is 13.2 Å². The number of carbonyl (C=O) groups is 1. The quantitative estimate of drug-likeness (QED) is 0.187. The monoisotopic (exact) mass is 457 g/mol. The molecule has 0 aromatic carbocycles. The third kappa shape index (κ3) is 28.4. The van der Waals surface area contributed by atoms with E-state index in [2.05, 4.69) is 32.9 Å². The van der Waals surface area contributed by atoms with Crippen molar-refractivity contribution >= 4 is 59.4 Å². The van der Waals surface area contributed by atoms with Crippen molar-refractivity contribution in [3.8, 4) is 0 Å². The molecule has 0 aromatic heterocycles. The molecule has 10 heteroatoms. The zero-order valence-corrected chi connectivity index (χ0v) is 18.7. The van der Waals surface area contributed by atoms with Crippen LogP contribution in [0.1, 0.15) is 0 Å². The first-order chi connectivity index (χ1) is 12.3. The Balaban J connectivity index is -0.000000315. The van der Waals surface area contributed by atoms with Crippen molar-refractivity contribution in [2.75, 3.05) is 23.0 Å². The maximum Gasteiger partial charge on any atom is 0.321 e. The molecule has 0 aliphatic carbocycles. The summed E-state index contributed by atoms with van der Waals surface area (Å²) in [6.07, 6.45) is 4.98. The normalized spacial score (nSPS) is 12.5. The molecule has 5 nitrogen and oxygen atoms in total. The molecule has 0 spiro atoms.